The molecule has 2 heterocycles. The number of hydrogen-bond donors (Lipinski definition) is 0. The van der Waals surface area contributed by atoms with E-state index in [2.05, 4.69) is 211 Å². The van der Waals surface area contributed by atoms with Gasteiger partial charge in [0.25, 0.3) is 0 Å². The third kappa shape index (κ3) is 5.96. The van der Waals surface area contributed by atoms with Crippen LogP contribution in [0.5, 0.6) is 0 Å². The van der Waals surface area contributed by atoms with Gasteiger partial charge in [0, 0.05) is 32.8 Å². The van der Waals surface area contributed by atoms with Gasteiger partial charge in [0.2, 0.25) is 0 Å². The molecule has 0 spiro atoms. The zero-order valence-electron chi connectivity index (χ0n) is 33.1. The minimum absolute atomic E-state index is 0.624. The number of nitrogens with zero attached hydrogens (tertiary/aromatic N) is 4. The average molecular weight is 777 g/mol. The van der Waals surface area contributed by atoms with E-state index in [1.807, 2.05) is 12.1 Å². The Balaban J connectivity index is 1.08. The Hall–Kier alpha value is -8.21. The van der Waals surface area contributed by atoms with Crippen LogP contribution in [0.4, 0.5) is 0 Å². The fourth-order valence-electron chi connectivity index (χ4n) is 9.07. The van der Waals surface area contributed by atoms with Crippen LogP contribution in [0.2, 0.25) is 0 Å². The molecule has 2 aromatic heterocycles. The molecule has 0 saturated heterocycles. The first-order chi connectivity index (χ1) is 30.2. The minimum Gasteiger partial charge on any atom is -0.309 e. The van der Waals surface area contributed by atoms with Crippen LogP contribution in [-0.4, -0.2) is 19.5 Å². The summed E-state index contributed by atoms with van der Waals surface area (Å²) in [5, 5.41) is 9.59. The molecule has 0 amide bonds. The van der Waals surface area contributed by atoms with Gasteiger partial charge in [-0.15, -0.1) is 0 Å². The lowest BCUT2D eigenvalue weighted by atomic mass is 10.0. The van der Waals surface area contributed by atoms with Gasteiger partial charge in [-0.25, -0.2) is 15.0 Å². The summed E-state index contributed by atoms with van der Waals surface area (Å²) in [5.74, 6) is 1.87. The SMILES string of the molecule is c1ccc(-c2ccc(-c3nc(-c4cccc(-c5ccccc5)c4)nc(-c4ccc(-n5c6cc7ccccc7cc6c6c7ccccc7ccc65)c5ccccc45)n3)cc2)cc1. The fraction of sp³-hybridized carbons (Fsp3) is 0. The third-order valence-corrected chi connectivity index (χ3v) is 12.0. The Morgan fingerprint density at radius 3 is 1.57 bits per heavy atom. The molecule has 10 aromatic carbocycles. The Labute approximate surface area is 352 Å². The predicted molar refractivity (Wildman–Crippen MR) is 254 cm³/mol. The summed E-state index contributed by atoms with van der Waals surface area (Å²) in [7, 11) is 0. The summed E-state index contributed by atoms with van der Waals surface area (Å²) in [6.07, 6.45) is 0. The predicted octanol–water partition coefficient (Wildman–Crippen LogP) is 14.8. The van der Waals surface area contributed by atoms with Crippen molar-refractivity contribution in [2.75, 3.05) is 0 Å². The van der Waals surface area contributed by atoms with Crippen molar-refractivity contribution in [3.8, 4) is 62.1 Å². The smallest absolute Gasteiger partial charge is 0.164 e. The Bertz CT molecular complexity index is 3630. The molecular weight excluding hydrogens is 741 g/mol. The molecule has 61 heavy (non-hydrogen) atoms. The van der Waals surface area contributed by atoms with Crippen molar-refractivity contribution in [3.63, 3.8) is 0 Å². The lowest BCUT2D eigenvalue weighted by Crippen LogP contribution is -2.02. The van der Waals surface area contributed by atoms with E-state index in [4.69, 9.17) is 15.0 Å². The maximum absolute atomic E-state index is 5.28. The highest BCUT2D eigenvalue weighted by molar-refractivity contribution is 6.23. The lowest BCUT2D eigenvalue weighted by molar-refractivity contribution is 1.08. The van der Waals surface area contributed by atoms with Crippen LogP contribution in [-0.2, 0) is 0 Å². The molecule has 0 aliphatic carbocycles. The van der Waals surface area contributed by atoms with E-state index in [9.17, 15) is 0 Å². The fourth-order valence-corrected chi connectivity index (χ4v) is 9.07. The van der Waals surface area contributed by atoms with Crippen LogP contribution in [0.25, 0.3) is 116 Å². The summed E-state index contributed by atoms with van der Waals surface area (Å²) in [4.78, 5) is 15.7. The van der Waals surface area contributed by atoms with E-state index in [0.717, 1.165) is 49.8 Å². The number of fused-ring (bicyclic) bond motifs is 7. The van der Waals surface area contributed by atoms with Crippen LogP contribution in [0.3, 0.4) is 0 Å². The molecule has 0 aliphatic rings. The van der Waals surface area contributed by atoms with Crippen molar-refractivity contribution in [2.45, 2.75) is 0 Å². The van der Waals surface area contributed by atoms with E-state index in [1.54, 1.807) is 0 Å². The highest BCUT2D eigenvalue weighted by atomic mass is 15.0. The van der Waals surface area contributed by atoms with Crippen LogP contribution in [0.1, 0.15) is 0 Å². The second-order valence-corrected chi connectivity index (χ2v) is 15.6. The molecule has 0 aliphatic heterocycles. The van der Waals surface area contributed by atoms with Crippen molar-refractivity contribution in [1.29, 1.82) is 0 Å². The average Bonchev–Trinajstić information content (AvgIpc) is 3.66. The van der Waals surface area contributed by atoms with Crippen LogP contribution in [0.15, 0.2) is 218 Å². The molecule has 0 N–H and O–H groups in total. The van der Waals surface area contributed by atoms with Crippen molar-refractivity contribution in [1.82, 2.24) is 19.5 Å². The Morgan fingerprint density at radius 2 is 0.820 bits per heavy atom. The topological polar surface area (TPSA) is 43.6 Å². The summed E-state index contributed by atoms with van der Waals surface area (Å²) in [5.41, 5.74) is 10.8. The van der Waals surface area contributed by atoms with E-state index >= 15 is 0 Å². The zero-order chi connectivity index (χ0) is 40.3. The number of hydrogen-bond acceptors (Lipinski definition) is 3. The quantitative estimate of drug-likeness (QED) is 0.169. The number of aromatic nitrogens is 4. The number of rotatable bonds is 6. The highest BCUT2D eigenvalue weighted by Crippen LogP contribution is 2.42. The molecule has 4 heteroatoms. The van der Waals surface area contributed by atoms with Crippen LogP contribution >= 0.6 is 0 Å². The lowest BCUT2D eigenvalue weighted by Gasteiger charge is -2.15. The second-order valence-electron chi connectivity index (χ2n) is 15.6. The molecule has 0 fully saturated rings. The molecule has 12 aromatic rings. The summed E-state index contributed by atoms with van der Waals surface area (Å²) in [6, 6.07) is 77.6. The second kappa shape index (κ2) is 14.3. The molecule has 284 valence electrons. The van der Waals surface area contributed by atoms with E-state index < -0.39 is 0 Å². The summed E-state index contributed by atoms with van der Waals surface area (Å²) in [6.45, 7) is 0. The first-order valence-corrected chi connectivity index (χ1v) is 20.7. The van der Waals surface area contributed by atoms with Gasteiger partial charge in [-0.05, 0) is 85.6 Å². The maximum Gasteiger partial charge on any atom is 0.164 e. The van der Waals surface area contributed by atoms with Gasteiger partial charge in [-0.1, -0.05) is 182 Å². The Morgan fingerprint density at radius 1 is 0.279 bits per heavy atom. The molecular formula is C57H36N4. The van der Waals surface area contributed by atoms with Crippen molar-refractivity contribution in [2.24, 2.45) is 0 Å². The molecule has 0 bridgehead atoms. The van der Waals surface area contributed by atoms with Crippen molar-refractivity contribution < 1.29 is 0 Å². The number of benzene rings is 10. The van der Waals surface area contributed by atoms with Crippen molar-refractivity contribution >= 4 is 54.1 Å². The van der Waals surface area contributed by atoms with Crippen molar-refractivity contribution in [3.05, 3.63) is 218 Å². The summed E-state index contributed by atoms with van der Waals surface area (Å²) >= 11 is 0. The molecule has 0 radical (unpaired) electrons. The minimum atomic E-state index is 0.624. The normalized spacial score (nSPS) is 11.6. The van der Waals surface area contributed by atoms with Gasteiger partial charge in [-0.3, -0.25) is 0 Å². The monoisotopic (exact) mass is 776 g/mol. The van der Waals surface area contributed by atoms with Gasteiger partial charge in [0.1, 0.15) is 0 Å². The maximum atomic E-state index is 5.28. The Kier molecular flexibility index (Phi) is 8.13. The third-order valence-electron chi connectivity index (χ3n) is 12.0. The first kappa shape index (κ1) is 34.8. The van der Waals surface area contributed by atoms with Crippen LogP contribution < -0.4 is 0 Å². The largest absolute Gasteiger partial charge is 0.309 e. The standard InChI is InChI=1S/C57H36N4/c1-3-14-37(15-4-1)39-26-28-41(29-27-39)55-58-56(45-22-13-21-42(34-45)38-16-5-2-6-17-38)60-57(59-55)49-31-33-51(48-25-12-11-24-47(48)49)61-52-32-30-40-18-9-10-23-46(40)54(52)50-35-43-19-7-8-20-44(43)36-53(50)61/h1-36H. The van der Waals surface area contributed by atoms with Gasteiger partial charge in [-0.2, -0.15) is 0 Å². The van der Waals surface area contributed by atoms with Gasteiger partial charge in [0.05, 0.1) is 16.7 Å². The zero-order valence-corrected chi connectivity index (χ0v) is 33.1. The van der Waals surface area contributed by atoms with E-state index in [-0.39, 0.29) is 0 Å². The molecule has 0 atom stereocenters. The van der Waals surface area contributed by atoms with Gasteiger partial charge < -0.3 is 4.57 Å². The molecule has 12 rings (SSSR count). The van der Waals surface area contributed by atoms with Gasteiger partial charge >= 0.3 is 0 Å². The first-order valence-electron chi connectivity index (χ1n) is 20.7. The molecule has 0 saturated carbocycles. The summed E-state index contributed by atoms with van der Waals surface area (Å²) < 4.78 is 2.45. The van der Waals surface area contributed by atoms with Gasteiger partial charge in [0.15, 0.2) is 17.5 Å². The van der Waals surface area contributed by atoms with E-state index in [1.165, 1.54) is 48.9 Å². The van der Waals surface area contributed by atoms with Crippen LogP contribution in [0, 0.1) is 0 Å². The highest BCUT2D eigenvalue weighted by Gasteiger charge is 2.20. The molecule has 4 nitrogen and oxygen atoms in total. The van der Waals surface area contributed by atoms with E-state index in [0.29, 0.717) is 17.5 Å². The molecule has 0 unspecified atom stereocenters.